The molecule has 1 aliphatic carbocycles. The van der Waals surface area contributed by atoms with Gasteiger partial charge < -0.3 is 19.2 Å². The molecule has 172 valence electrons. The van der Waals surface area contributed by atoms with Crippen molar-refractivity contribution < 1.29 is 23.5 Å². The predicted octanol–water partition coefficient (Wildman–Crippen LogP) is 4.45. The molecule has 33 heavy (non-hydrogen) atoms. The summed E-state index contributed by atoms with van der Waals surface area (Å²) < 4.78 is 16.6. The number of esters is 1. The minimum Gasteiger partial charge on any atom is -0.445 e. The molecule has 3 aromatic rings. The highest BCUT2D eigenvalue weighted by Gasteiger charge is 2.29. The zero-order valence-corrected chi connectivity index (χ0v) is 19.0. The standard InChI is InChI=1S/C26H27NO6/c1-15(2)23(27-26(30)31-14-17-8-5-4-6-9-17)25(29)33-21-13-16(3)12-20-22(21)18-10-7-11-19(18)24(28)32-20/h4-6,8-9,12-13,15,23H,7,10-11,14H2,1-3H3,(H,27,30). The first-order chi connectivity index (χ1) is 15.8. The van der Waals surface area contributed by atoms with Crippen LogP contribution >= 0.6 is 0 Å². The Morgan fingerprint density at radius 1 is 1.09 bits per heavy atom. The fourth-order valence-electron chi connectivity index (χ4n) is 4.15. The number of benzene rings is 2. The van der Waals surface area contributed by atoms with Crippen LogP contribution in [-0.2, 0) is 29.0 Å². The van der Waals surface area contributed by atoms with Gasteiger partial charge in [-0.15, -0.1) is 0 Å². The van der Waals surface area contributed by atoms with Gasteiger partial charge in [0.15, 0.2) is 0 Å². The number of alkyl carbamates (subject to hydrolysis) is 1. The van der Waals surface area contributed by atoms with Crippen LogP contribution in [0, 0.1) is 12.8 Å². The number of rotatable bonds is 6. The van der Waals surface area contributed by atoms with Crippen molar-refractivity contribution in [3.8, 4) is 5.75 Å². The van der Waals surface area contributed by atoms with Gasteiger partial charge in [0.1, 0.15) is 24.0 Å². The molecule has 0 bridgehead atoms. The second kappa shape index (κ2) is 9.48. The van der Waals surface area contributed by atoms with Gasteiger partial charge in [0.25, 0.3) is 0 Å². The fourth-order valence-corrected chi connectivity index (χ4v) is 4.15. The normalized spacial score (nSPS) is 13.6. The summed E-state index contributed by atoms with van der Waals surface area (Å²) in [6, 6.07) is 11.9. The first-order valence-corrected chi connectivity index (χ1v) is 11.1. The highest BCUT2D eigenvalue weighted by molar-refractivity contribution is 5.92. The van der Waals surface area contributed by atoms with E-state index in [2.05, 4.69) is 5.32 Å². The van der Waals surface area contributed by atoms with E-state index in [0.717, 1.165) is 29.5 Å². The quantitative estimate of drug-likeness (QED) is 0.339. The molecule has 1 aliphatic rings. The fraction of sp³-hybridized carbons (Fsp3) is 0.346. The summed E-state index contributed by atoms with van der Waals surface area (Å²) >= 11 is 0. The van der Waals surface area contributed by atoms with Crippen LogP contribution in [0.5, 0.6) is 5.75 Å². The third-order valence-electron chi connectivity index (χ3n) is 5.80. The SMILES string of the molecule is Cc1cc(OC(=O)C(NC(=O)OCc2ccccc2)C(C)C)c2c3c(c(=O)oc2c1)CCC3. The summed E-state index contributed by atoms with van der Waals surface area (Å²) in [5.41, 5.74) is 3.23. The van der Waals surface area contributed by atoms with Crippen molar-refractivity contribution >= 4 is 23.0 Å². The van der Waals surface area contributed by atoms with E-state index in [9.17, 15) is 14.4 Å². The summed E-state index contributed by atoms with van der Waals surface area (Å²) in [5, 5.41) is 3.27. The van der Waals surface area contributed by atoms with Gasteiger partial charge >= 0.3 is 17.7 Å². The maximum Gasteiger partial charge on any atom is 0.408 e. The topological polar surface area (TPSA) is 94.8 Å². The number of carbonyl (C=O) groups excluding carboxylic acids is 2. The van der Waals surface area contributed by atoms with Gasteiger partial charge in [-0.05, 0) is 60.9 Å². The number of nitrogens with one attached hydrogen (secondary N) is 1. The molecule has 4 rings (SSSR count). The Kier molecular flexibility index (Phi) is 6.49. The monoisotopic (exact) mass is 449 g/mol. The van der Waals surface area contributed by atoms with E-state index in [1.165, 1.54) is 0 Å². The molecule has 0 saturated carbocycles. The number of fused-ring (bicyclic) bond motifs is 3. The lowest BCUT2D eigenvalue weighted by Crippen LogP contribution is -2.46. The van der Waals surface area contributed by atoms with Gasteiger partial charge in [0, 0.05) is 5.56 Å². The van der Waals surface area contributed by atoms with Crippen LogP contribution < -0.4 is 15.7 Å². The third kappa shape index (κ3) is 4.92. The zero-order valence-electron chi connectivity index (χ0n) is 19.0. The number of hydrogen-bond donors (Lipinski definition) is 1. The summed E-state index contributed by atoms with van der Waals surface area (Å²) in [5.74, 6) is -0.505. The van der Waals surface area contributed by atoms with Crippen LogP contribution in [0.1, 0.15) is 42.5 Å². The number of ether oxygens (including phenoxy) is 2. The molecule has 0 fully saturated rings. The highest BCUT2D eigenvalue weighted by Crippen LogP contribution is 2.35. The van der Waals surface area contributed by atoms with E-state index >= 15 is 0 Å². The van der Waals surface area contributed by atoms with Gasteiger partial charge in [0.2, 0.25) is 0 Å². The maximum absolute atomic E-state index is 13.1. The molecule has 1 unspecified atom stereocenters. The third-order valence-corrected chi connectivity index (χ3v) is 5.80. The summed E-state index contributed by atoms with van der Waals surface area (Å²) in [6.45, 7) is 5.56. The van der Waals surface area contributed by atoms with Crippen molar-refractivity contribution in [1.29, 1.82) is 0 Å². The largest absolute Gasteiger partial charge is 0.445 e. The van der Waals surface area contributed by atoms with Crippen LogP contribution in [0.25, 0.3) is 11.0 Å². The van der Waals surface area contributed by atoms with Crippen molar-refractivity contribution in [3.63, 3.8) is 0 Å². The van der Waals surface area contributed by atoms with Crippen LogP contribution in [0.4, 0.5) is 4.79 Å². The van der Waals surface area contributed by atoms with E-state index < -0.39 is 18.1 Å². The number of hydrogen-bond acceptors (Lipinski definition) is 6. The Balaban J connectivity index is 1.55. The lowest BCUT2D eigenvalue weighted by atomic mass is 10.0. The number of aryl methyl sites for hydroxylation is 2. The molecule has 1 amide bonds. The van der Waals surface area contributed by atoms with E-state index in [-0.39, 0.29) is 18.2 Å². The molecule has 0 spiro atoms. The van der Waals surface area contributed by atoms with E-state index in [0.29, 0.717) is 28.7 Å². The minimum atomic E-state index is -0.910. The Labute approximate surface area is 191 Å². The van der Waals surface area contributed by atoms with Crippen LogP contribution in [-0.4, -0.2) is 18.1 Å². The number of amides is 1. The second-order valence-corrected chi connectivity index (χ2v) is 8.69. The molecule has 0 aliphatic heterocycles. The Morgan fingerprint density at radius 2 is 1.82 bits per heavy atom. The van der Waals surface area contributed by atoms with Crippen molar-refractivity contribution in [2.45, 2.75) is 52.7 Å². The van der Waals surface area contributed by atoms with Crippen molar-refractivity contribution in [1.82, 2.24) is 5.32 Å². The Bertz CT molecular complexity index is 1250. The van der Waals surface area contributed by atoms with Crippen molar-refractivity contribution in [2.24, 2.45) is 5.92 Å². The van der Waals surface area contributed by atoms with Crippen LogP contribution in [0.3, 0.4) is 0 Å². The van der Waals surface area contributed by atoms with Gasteiger partial charge in [-0.25, -0.2) is 14.4 Å². The zero-order chi connectivity index (χ0) is 23.5. The van der Waals surface area contributed by atoms with Crippen LogP contribution in [0.15, 0.2) is 51.7 Å². The van der Waals surface area contributed by atoms with Crippen molar-refractivity contribution in [2.75, 3.05) is 0 Å². The Hall–Kier alpha value is -3.61. The lowest BCUT2D eigenvalue weighted by molar-refractivity contribution is -0.137. The second-order valence-electron chi connectivity index (χ2n) is 8.69. The molecular formula is C26H27NO6. The molecule has 2 aromatic carbocycles. The smallest absolute Gasteiger partial charge is 0.408 e. The van der Waals surface area contributed by atoms with Gasteiger partial charge in [-0.3, -0.25) is 0 Å². The molecular weight excluding hydrogens is 422 g/mol. The molecule has 0 saturated heterocycles. The van der Waals surface area contributed by atoms with E-state index in [1.807, 2.05) is 51.1 Å². The van der Waals surface area contributed by atoms with E-state index in [4.69, 9.17) is 13.9 Å². The molecule has 0 radical (unpaired) electrons. The average molecular weight is 450 g/mol. The van der Waals surface area contributed by atoms with Gasteiger partial charge in [0.05, 0.1) is 5.39 Å². The van der Waals surface area contributed by atoms with Crippen molar-refractivity contribution in [3.05, 3.63) is 75.1 Å². The number of carbonyl (C=O) groups is 2. The average Bonchev–Trinajstić information content (AvgIpc) is 3.26. The summed E-state index contributed by atoms with van der Waals surface area (Å²) in [7, 11) is 0. The molecule has 1 aromatic heterocycles. The first kappa shape index (κ1) is 22.6. The summed E-state index contributed by atoms with van der Waals surface area (Å²) in [6.07, 6.45) is 1.53. The predicted molar refractivity (Wildman–Crippen MR) is 123 cm³/mol. The Morgan fingerprint density at radius 3 is 2.55 bits per heavy atom. The highest BCUT2D eigenvalue weighted by atomic mass is 16.6. The molecule has 1 heterocycles. The summed E-state index contributed by atoms with van der Waals surface area (Å²) in [4.78, 5) is 37.8. The maximum atomic E-state index is 13.1. The van der Waals surface area contributed by atoms with Gasteiger partial charge in [-0.1, -0.05) is 44.2 Å². The lowest BCUT2D eigenvalue weighted by Gasteiger charge is -2.21. The molecule has 1 atom stereocenters. The van der Waals surface area contributed by atoms with E-state index in [1.54, 1.807) is 12.1 Å². The molecule has 1 N–H and O–H groups in total. The van der Waals surface area contributed by atoms with Gasteiger partial charge in [-0.2, -0.15) is 0 Å². The molecule has 7 heteroatoms. The first-order valence-electron chi connectivity index (χ1n) is 11.1. The minimum absolute atomic E-state index is 0.0974. The van der Waals surface area contributed by atoms with Crippen LogP contribution in [0.2, 0.25) is 0 Å². The molecule has 7 nitrogen and oxygen atoms in total.